The van der Waals surface area contributed by atoms with Crippen LogP contribution in [0.4, 0.5) is 0 Å². The Hall–Kier alpha value is -0.830. The Kier molecular flexibility index (Phi) is 5.40. The Morgan fingerprint density at radius 1 is 1.33 bits per heavy atom. The van der Waals surface area contributed by atoms with E-state index in [4.69, 9.17) is 0 Å². The minimum absolute atomic E-state index is 0.477. The molecule has 1 rings (SSSR count). The Morgan fingerprint density at radius 2 is 2.13 bits per heavy atom. The lowest BCUT2D eigenvalue weighted by Gasteiger charge is -2.14. The fourth-order valence-electron chi connectivity index (χ4n) is 1.83. The van der Waals surface area contributed by atoms with E-state index in [9.17, 15) is 0 Å². The van der Waals surface area contributed by atoms with Crippen LogP contribution in [0.5, 0.6) is 0 Å². The summed E-state index contributed by atoms with van der Waals surface area (Å²) in [4.78, 5) is 0. The summed E-state index contributed by atoms with van der Waals surface area (Å²) >= 11 is 0. The molecule has 1 unspecified atom stereocenters. The van der Waals surface area contributed by atoms with Crippen LogP contribution in [0.25, 0.3) is 0 Å². The first-order valence-corrected chi connectivity index (χ1v) is 6.07. The molecule has 0 radical (unpaired) electrons. The zero-order valence-electron chi connectivity index (χ0n) is 10.2. The predicted octanol–water partition coefficient (Wildman–Crippen LogP) is 2.74. The van der Waals surface area contributed by atoms with Crippen molar-refractivity contribution in [2.24, 2.45) is 0 Å². The maximum absolute atomic E-state index is 4.37. The van der Waals surface area contributed by atoms with Gasteiger partial charge in [0.05, 0.1) is 6.20 Å². The van der Waals surface area contributed by atoms with E-state index in [1.807, 2.05) is 10.9 Å². The molecular formula is C12H23N3. The molecule has 0 aromatic carbocycles. The van der Waals surface area contributed by atoms with Gasteiger partial charge in [0.1, 0.15) is 0 Å². The van der Waals surface area contributed by atoms with E-state index < -0.39 is 0 Å². The molecule has 3 nitrogen and oxygen atoms in total. The Morgan fingerprint density at radius 3 is 2.73 bits per heavy atom. The van der Waals surface area contributed by atoms with E-state index in [2.05, 4.69) is 37.4 Å². The van der Waals surface area contributed by atoms with Gasteiger partial charge < -0.3 is 5.32 Å². The SMILES string of the molecule is CCCC(NCC)c1cnn(CCC)c1. The zero-order valence-corrected chi connectivity index (χ0v) is 10.2. The number of hydrogen-bond acceptors (Lipinski definition) is 2. The van der Waals surface area contributed by atoms with Crippen molar-refractivity contribution in [2.45, 2.75) is 52.6 Å². The lowest BCUT2D eigenvalue weighted by molar-refractivity contribution is 0.508. The second-order valence-corrected chi connectivity index (χ2v) is 3.94. The van der Waals surface area contributed by atoms with Crippen molar-refractivity contribution in [3.63, 3.8) is 0 Å². The van der Waals surface area contributed by atoms with Crippen molar-refractivity contribution < 1.29 is 0 Å². The quantitative estimate of drug-likeness (QED) is 0.748. The molecule has 0 saturated carbocycles. The van der Waals surface area contributed by atoms with Gasteiger partial charge in [0.15, 0.2) is 0 Å². The largest absolute Gasteiger partial charge is 0.310 e. The molecule has 1 atom stereocenters. The van der Waals surface area contributed by atoms with Crippen molar-refractivity contribution >= 4 is 0 Å². The molecule has 0 amide bonds. The maximum atomic E-state index is 4.37. The van der Waals surface area contributed by atoms with Crippen LogP contribution in [0.2, 0.25) is 0 Å². The third-order valence-corrected chi connectivity index (χ3v) is 2.54. The third kappa shape index (κ3) is 3.67. The second kappa shape index (κ2) is 6.62. The molecule has 0 aliphatic carbocycles. The van der Waals surface area contributed by atoms with Crippen LogP contribution in [-0.4, -0.2) is 16.3 Å². The maximum Gasteiger partial charge on any atom is 0.0537 e. The highest BCUT2D eigenvalue weighted by molar-refractivity contribution is 5.10. The highest BCUT2D eigenvalue weighted by Gasteiger charge is 2.10. The van der Waals surface area contributed by atoms with Gasteiger partial charge >= 0.3 is 0 Å². The average Bonchev–Trinajstić information content (AvgIpc) is 2.67. The number of aryl methyl sites for hydroxylation is 1. The van der Waals surface area contributed by atoms with Gasteiger partial charge in [-0.05, 0) is 19.4 Å². The summed E-state index contributed by atoms with van der Waals surface area (Å²) in [7, 11) is 0. The van der Waals surface area contributed by atoms with E-state index >= 15 is 0 Å². The molecule has 1 heterocycles. The summed E-state index contributed by atoms with van der Waals surface area (Å²) in [5, 5.41) is 7.87. The normalized spacial score (nSPS) is 13.0. The summed E-state index contributed by atoms with van der Waals surface area (Å²) < 4.78 is 2.04. The molecule has 1 N–H and O–H groups in total. The van der Waals surface area contributed by atoms with E-state index in [1.54, 1.807) is 0 Å². The first-order chi connectivity index (χ1) is 7.31. The van der Waals surface area contributed by atoms with Crippen LogP contribution >= 0.6 is 0 Å². The van der Waals surface area contributed by atoms with Crippen LogP contribution < -0.4 is 5.32 Å². The smallest absolute Gasteiger partial charge is 0.0537 e. The zero-order chi connectivity index (χ0) is 11.1. The van der Waals surface area contributed by atoms with Gasteiger partial charge in [-0.25, -0.2) is 0 Å². The average molecular weight is 209 g/mol. The molecule has 1 aromatic rings. The van der Waals surface area contributed by atoms with Gasteiger partial charge in [0, 0.05) is 24.3 Å². The lowest BCUT2D eigenvalue weighted by atomic mass is 10.1. The molecule has 0 saturated heterocycles. The molecule has 0 bridgehead atoms. The van der Waals surface area contributed by atoms with Crippen LogP contribution in [0.1, 0.15) is 51.6 Å². The molecule has 0 spiro atoms. The van der Waals surface area contributed by atoms with E-state index in [0.717, 1.165) is 19.5 Å². The van der Waals surface area contributed by atoms with E-state index in [0.29, 0.717) is 6.04 Å². The van der Waals surface area contributed by atoms with Crippen molar-refractivity contribution in [3.05, 3.63) is 18.0 Å². The Balaban J connectivity index is 2.63. The minimum atomic E-state index is 0.477. The molecular weight excluding hydrogens is 186 g/mol. The van der Waals surface area contributed by atoms with Crippen LogP contribution in [0, 0.1) is 0 Å². The summed E-state index contributed by atoms with van der Waals surface area (Å²) in [6.45, 7) is 8.59. The molecule has 0 aliphatic rings. The van der Waals surface area contributed by atoms with Crippen LogP contribution in [0.3, 0.4) is 0 Å². The van der Waals surface area contributed by atoms with Crippen molar-refractivity contribution in [1.82, 2.24) is 15.1 Å². The Labute approximate surface area is 92.9 Å². The van der Waals surface area contributed by atoms with E-state index in [-0.39, 0.29) is 0 Å². The van der Waals surface area contributed by atoms with Gasteiger partial charge in [-0.1, -0.05) is 27.2 Å². The predicted molar refractivity (Wildman–Crippen MR) is 63.8 cm³/mol. The topological polar surface area (TPSA) is 29.9 Å². The van der Waals surface area contributed by atoms with E-state index in [1.165, 1.54) is 18.4 Å². The Bertz CT molecular complexity index is 262. The van der Waals surface area contributed by atoms with Gasteiger partial charge in [-0.3, -0.25) is 4.68 Å². The number of hydrogen-bond donors (Lipinski definition) is 1. The van der Waals surface area contributed by atoms with Crippen LogP contribution in [0.15, 0.2) is 12.4 Å². The number of nitrogens with zero attached hydrogens (tertiary/aromatic N) is 2. The molecule has 0 fully saturated rings. The number of rotatable bonds is 7. The molecule has 1 aromatic heterocycles. The second-order valence-electron chi connectivity index (χ2n) is 3.94. The molecule has 86 valence electrons. The first-order valence-electron chi connectivity index (χ1n) is 6.07. The number of aromatic nitrogens is 2. The van der Waals surface area contributed by atoms with Crippen molar-refractivity contribution in [1.29, 1.82) is 0 Å². The summed E-state index contributed by atoms with van der Waals surface area (Å²) in [5.41, 5.74) is 1.33. The minimum Gasteiger partial charge on any atom is -0.310 e. The standard InChI is InChI=1S/C12H23N3/c1-4-7-12(13-6-3)11-9-14-15(10-11)8-5-2/h9-10,12-13H,4-8H2,1-3H3. The summed E-state index contributed by atoms with van der Waals surface area (Å²) in [6.07, 6.45) is 7.70. The van der Waals surface area contributed by atoms with Crippen molar-refractivity contribution in [3.8, 4) is 0 Å². The van der Waals surface area contributed by atoms with Gasteiger partial charge in [-0.2, -0.15) is 5.10 Å². The third-order valence-electron chi connectivity index (χ3n) is 2.54. The fourth-order valence-corrected chi connectivity index (χ4v) is 1.83. The van der Waals surface area contributed by atoms with Gasteiger partial charge in [0.2, 0.25) is 0 Å². The fraction of sp³-hybridized carbons (Fsp3) is 0.750. The first kappa shape index (κ1) is 12.2. The molecule has 0 aliphatic heterocycles. The number of nitrogens with one attached hydrogen (secondary N) is 1. The van der Waals surface area contributed by atoms with Crippen LogP contribution in [-0.2, 0) is 6.54 Å². The summed E-state index contributed by atoms with van der Waals surface area (Å²) in [5.74, 6) is 0. The lowest BCUT2D eigenvalue weighted by Crippen LogP contribution is -2.20. The van der Waals surface area contributed by atoms with Gasteiger partial charge in [-0.15, -0.1) is 0 Å². The van der Waals surface area contributed by atoms with Gasteiger partial charge in [0.25, 0.3) is 0 Å². The summed E-state index contributed by atoms with van der Waals surface area (Å²) in [6, 6.07) is 0.477. The monoisotopic (exact) mass is 209 g/mol. The van der Waals surface area contributed by atoms with Crippen molar-refractivity contribution in [2.75, 3.05) is 6.54 Å². The molecule has 15 heavy (non-hydrogen) atoms. The highest BCUT2D eigenvalue weighted by Crippen LogP contribution is 2.17. The molecule has 3 heteroatoms. The highest BCUT2D eigenvalue weighted by atomic mass is 15.3.